The van der Waals surface area contributed by atoms with Gasteiger partial charge in [-0.1, -0.05) is 6.07 Å². The van der Waals surface area contributed by atoms with Gasteiger partial charge in [-0.15, -0.1) is 0 Å². The summed E-state index contributed by atoms with van der Waals surface area (Å²) in [4.78, 5) is 23.0. The van der Waals surface area contributed by atoms with Crippen LogP contribution >= 0.6 is 0 Å². The Balaban J connectivity index is 1.48. The summed E-state index contributed by atoms with van der Waals surface area (Å²) in [7, 11) is 0. The van der Waals surface area contributed by atoms with Crippen LogP contribution in [-0.2, 0) is 16.1 Å². The van der Waals surface area contributed by atoms with Crippen molar-refractivity contribution in [2.24, 2.45) is 0 Å². The van der Waals surface area contributed by atoms with Crippen molar-refractivity contribution < 1.29 is 14.3 Å². The molecule has 0 unspecified atom stereocenters. The molecular formula is C19H21N3O3. The topological polar surface area (TPSA) is 64.6 Å². The minimum atomic E-state index is -0.119. The molecule has 2 aliphatic heterocycles. The maximum absolute atomic E-state index is 12.9. The van der Waals surface area contributed by atoms with E-state index >= 15 is 0 Å². The van der Waals surface area contributed by atoms with Crippen LogP contribution < -0.4 is 0 Å². The van der Waals surface area contributed by atoms with Crippen molar-refractivity contribution in [3.63, 3.8) is 0 Å². The van der Waals surface area contributed by atoms with E-state index in [-0.39, 0.29) is 24.2 Å². The molecule has 0 spiro atoms. The van der Waals surface area contributed by atoms with Crippen molar-refractivity contribution in [3.8, 4) is 0 Å². The Morgan fingerprint density at radius 3 is 2.92 bits per heavy atom. The van der Waals surface area contributed by atoms with Crippen LogP contribution in [0.1, 0.15) is 28.9 Å². The fourth-order valence-corrected chi connectivity index (χ4v) is 3.61. The van der Waals surface area contributed by atoms with Gasteiger partial charge < -0.3 is 14.4 Å². The molecule has 6 heteroatoms. The average Bonchev–Trinajstić information content (AvgIpc) is 3.06. The summed E-state index contributed by atoms with van der Waals surface area (Å²) < 4.78 is 12.1. The lowest BCUT2D eigenvalue weighted by molar-refractivity contribution is -0.0809. The Bertz CT molecular complexity index is 710. The fourth-order valence-electron chi connectivity index (χ4n) is 3.61. The van der Waals surface area contributed by atoms with E-state index in [1.54, 1.807) is 24.7 Å². The van der Waals surface area contributed by atoms with Crippen LogP contribution in [0.4, 0.5) is 0 Å². The largest absolute Gasteiger partial charge is 0.373 e. The van der Waals surface area contributed by atoms with E-state index < -0.39 is 0 Å². The number of carbonyl (C=O) groups is 1. The Labute approximate surface area is 146 Å². The molecular weight excluding hydrogens is 318 g/mol. The molecule has 2 fully saturated rings. The molecule has 0 bridgehead atoms. The molecule has 2 aromatic heterocycles. The maximum Gasteiger partial charge on any atom is 0.272 e. The van der Waals surface area contributed by atoms with Crippen LogP contribution in [0.25, 0.3) is 0 Å². The summed E-state index contributed by atoms with van der Waals surface area (Å²) >= 11 is 0. The number of amides is 1. The Morgan fingerprint density at radius 2 is 2.12 bits per heavy atom. The zero-order chi connectivity index (χ0) is 17.1. The lowest BCUT2D eigenvalue weighted by atomic mass is 10.0. The number of hydrogen-bond acceptors (Lipinski definition) is 5. The van der Waals surface area contributed by atoms with Crippen molar-refractivity contribution in [2.45, 2.75) is 37.7 Å². The normalized spacial score (nSPS) is 25.6. The molecule has 0 aliphatic carbocycles. The van der Waals surface area contributed by atoms with E-state index in [2.05, 4.69) is 9.97 Å². The number of aromatic nitrogens is 2. The number of ether oxygens (including phenoxy) is 2. The van der Waals surface area contributed by atoms with Crippen LogP contribution in [0.2, 0.25) is 0 Å². The van der Waals surface area contributed by atoms with Gasteiger partial charge in [0.2, 0.25) is 0 Å². The molecule has 0 N–H and O–H groups in total. The molecule has 1 amide bonds. The summed E-state index contributed by atoms with van der Waals surface area (Å²) in [5, 5.41) is 0. The number of pyridine rings is 2. The standard InChI is InChI=1S/C19H21N3O3/c23-19(15-4-1-2-8-21-15)22-12-17(18-16(22)5-3-11-24-18)25-13-14-6-9-20-10-7-14/h1-2,4,6-10,16-18H,3,5,11-13H2/t16-,17+,18+/m0/s1. The summed E-state index contributed by atoms with van der Waals surface area (Å²) in [5.41, 5.74) is 1.54. The van der Waals surface area contributed by atoms with E-state index in [1.165, 1.54) is 0 Å². The van der Waals surface area contributed by atoms with Gasteiger partial charge in [-0.2, -0.15) is 0 Å². The van der Waals surface area contributed by atoms with Gasteiger partial charge in [0.25, 0.3) is 5.91 Å². The lowest BCUT2D eigenvalue weighted by Gasteiger charge is -2.32. The number of fused-ring (bicyclic) bond motifs is 1. The van der Waals surface area contributed by atoms with Crippen molar-refractivity contribution in [3.05, 3.63) is 60.2 Å². The third kappa shape index (κ3) is 3.41. The van der Waals surface area contributed by atoms with Gasteiger partial charge in [0.05, 0.1) is 19.2 Å². The number of hydrogen-bond donors (Lipinski definition) is 0. The monoisotopic (exact) mass is 339 g/mol. The van der Waals surface area contributed by atoms with Gasteiger partial charge in [0.15, 0.2) is 0 Å². The third-order valence-electron chi connectivity index (χ3n) is 4.84. The van der Waals surface area contributed by atoms with Gasteiger partial charge in [-0.3, -0.25) is 14.8 Å². The van der Waals surface area contributed by atoms with Gasteiger partial charge in [0.1, 0.15) is 17.9 Å². The summed E-state index contributed by atoms with van der Waals surface area (Å²) in [6.45, 7) is 1.75. The van der Waals surface area contributed by atoms with Crippen LogP contribution in [0, 0.1) is 0 Å². The molecule has 25 heavy (non-hydrogen) atoms. The van der Waals surface area contributed by atoms with Gasteiger partial charge >= 0.3 is 0 Å². The Kier molecular flexibility index (Phi) is 4.72. The summed E-state index contributed by atoms with van der Waals surface area (Å²) in [5.74, 6) is -0.0453. The van der Waals surface area contributed by atoms with Gasteiger partial charge in [-0.05, 0) is 42.7 Å². The fraction of sp³-hybridized carbons (Fsp3) is 0.421. The highest BCUT2D eigenvalue weighted by Crippen LogP contribution is 2.32. The first-order chi connectivity index (χ1) is 12.3. The highest BCUT2D eigenvalue weighted by molar-refractivity contribution is 5.92. The van der Waals surface area contributed by atoms with Crippen LogP contribution in [0.5, 0.6) is 0 Å². The third-order valence-corrected chi connectivity index (χ3v) is 4.84. The SMILES string of the molecule is O=C(c1ccccn1)N1C[C@@H](OCc2ccncc2)[C@@H]2OCCC[C@@H]21. The van der Waals surface area contributed by atoms with Crippen molar-refractivity contribution in [1.29, 1.82) is 0 Å². The molecule has 6 nitrogen and oxygen atoms in total. The van der Waals surface area contributed by atoms with Crippen molar-refractivity contribution >= 4 is 5.91 Å². The van der Waals surface area contributed by atoms with Gasteiger partial charge in [-0.25, -0.2) is 0 Å². The molecule has 130 valence electrons. The van der Waals surface area contributed by atoms with Crippen LogP contribution in [-0.4, -0.2) is 52.2 Å². The van der Waals surface area contributed by atoms with E-state index in [0.717, 1.165) is 25.0 Å². The highest BCUT2D eigenvalue weighted by Gasteiger charge is 2.47. The van der Waals surface area contributed by atoms with Gasteiger partial charge in [0, 0.05) is 25.2 Å². The van der Waals surface area contributed by atoms with Crippen molar-refractivity contribution in [2.75, 3.05) is 13.2 Å². The maximum atomic E-state index is 12.9. The first-order valence-corrected chi connectivity index (χ1v) is 8.67. The predicted octanol–water partition coefficient (Wildman–Crippen LogP) is 2.07. The molecule has 0 radical (unpaired) electrons. The molecule has 2 aliphatic rings. The average molecular weight is 339 g/mol. The smallest absolute Gasteiger partial charge is 0.272 e. The molecule has 2 aromatic rings. The first kappa shape index (κ1) is 16.2. The van der Waals surface area contributed by atoms with E-state index in [9.17, 15) is 4.79 Å². The minimum absolute atomic E-state index is 0.0453. The quantitative estimate of drug-likeness (QED) is 0.853. The molecule has 4 heterocycles. The lowest BCUT2D eigenvalue weighted by Crippen LogP contribution is -2.44. The Hall–Kier alpha value is -2.31. The first-order valence-electron chi connectivity index (χ1n) is 8.67. The molecule has 0 saturated carbocycles. The summed E-state index contributed by atoms with van der Waals surface area (Å²) in [6.07, 6.45) is 6.88. The molecule has 4 rings (SSSR count). The minimum Gasteiger partial charge on any atom is -0.373 e. The number of likely N-dealkylation sites (tertiary alicyclic amines) is 1. The second kappa shape index (κ2) is 7.29. The molecule has 0 aromatic carbocycles. The predicted molar refractivity (Wildman–Crippen MR) is 90.8 cm³/mol. The summed E-state index contributed by atoms with van der Waals surface area (Å²) in [6, 6.07) is 9.34. The van der Waals surface area contributed by atoms with E-state index in [1.807, 2.05) is 29.2 Å². The number of nitrogens with zero attached hydrogens (tertiary/aromatic N) is 3. The highest BCUT2D eigenvalue weighted by atomic mass is 16.5. The van der Waals surface area contributed by atoms with Crippen LogP contribution in [0.15, 0.2) is 48.9 Å². The van der Waals surface area contributed by atoms with E-state index in [4.69, 9.17) is 9.47 Å². The second-order valence-electron chi connectivity index (χ2n) is 6.42. The zero-order valence-corrected chi connectivity index (χ0v) is 14.0. The molecule has 3 atom stereocenters. The second-order valence-corrected chi connectivity index (χ2v) is 6.42. The molecule has 2 saturated heterocycles. The van der Waals surface area contributed by atoms with E-state index in [0.29, 0.717) is 18.8 Å². The number of carbonyl (C=O) groups excluding carboxylic acids is 1. The number of rotatable bonds is 4. The zero-order valence-electron chi connectivity index (χ0n) is 14.0. The van der Waals surface area contributed by atoms with Crippen molar-refractivity contribution in [1.82, 2.24) is 14.9 Å². The van der Waals surface area contributed by atoms with Crippen LogP contribution in [0.3, 0.4) is 0 Å². The Morgan fingerprint density at radius 1 is 1.24 bits per heavy atom.